The zero-order valence-electron chi connectivity index (χ0n) is 9.46. The summed E-state index contributed by atoms with van der Waals surface area (Å²) in [5.41, 5.74) is 4.97. The summed E-state index contributed by atoms with van der Waals surface area (Å²) < 4.78 is 0. The van der Waals surface area contributed by atoms with E-state index in [1.165, 1.54) is 16.7 Å². The van der Waals surface area contributed by atoms with Gasteiger partial charge in [0.2, 0.25) is 0 Å². The molecule has 0 aliphatic rings. The number of benzene rings is 1. The lowest BCUT2D eigenvalue weighted by molar-refractivity contribution is 1.07. The number of aryl methyl sites for hydroxylation is 2. The molecule has 1 heterocycles. The predicted molar refractivity (Wildman–Crippen MR) is 70.4 cm³/mol. The summed E-state index contributed by atoms with van der Waals surface area (Å²) in [5, 5.41) is 3.17. The van der Waals surface area contributed by atoms with E-state index in [1.807, 2.05) is 5.38 Å². The van der Waals surface area contributed by atoms with E-state index in [0.29, 0.717) is 5.88 Å². The number of hydrogen-bond donors (Lipinski definition) is 0. The molecule has 0 saturated carbocycles. The quantitative estimate of drug-likeness (QED) is 0.749. The Balaban J connectivity index is 2.20. The van der Waals surface area contributed by atoms with Gasteiger partial charge in [0, 0.05) is 11.8 Å². The van der Waals surface area contributed by atoms with Crippen LogP contribution in [0.25, 0.3) is 0 Å². The van der Waals surface area contributed by atoms with Gasteiger partial charge >= 0.3 is 0 Å². The second-order valence-corrected chi connectivity index (χ2v) is 5.18. The number of hydrogen-bond acceptors (Lipinski definition) is 2. The zero-order valence-corrected chi connectivity index (χ0v) is 11.0. The normalized spacial score (nSPS) is 10.7. The molecule has 0 unspecified atom stereocenters. The fourth-order valence-electron chi connectivity index (χ4n) is 1.70. The molecule has 1 aromatic carbocycles. The molecule has 16 heavy (non-hydrogen) atoms. The molecular weight excluding hydrogens is 238 g/mol. The number of thiazole rings is 1. The maximum absolute atomic E-state index is 5.74. The van der Waals surface area contributed by atoms with Gasteiger partial charge in [0.25, 0.3) is 0 Å². The highest BCUT2D eigenvalue weighted by molar-refractivity contribution is 7.09. The van der Waals surface area contributed by atoms with Gasteiger partial charge in [0.05, 0.1) is 16.6 Å². The molecule has 0 saturated heterocycles. The molecule has 0 atom stereocenters. The second-order valence-electron chi connectivity index (χ2n) is 3.97. The van der Waals surface area contributed by atoms with Crippen LogP contribution in [0.2, 0.25) is 0 Å². The Morgan fingerprint density at radius 3 is 2.75 bits per heavy atom. The monoisotopic (exact) mass is 251 g/mol. The van der Waals surface area contributed by atoms with Crippen LogP contribution in [0.4, 0.5) is 0 Å². The third-order valence-electron chi connectivity index (χ3n) is 2.58. The second kappa shape index (κ2) is 4.98. The molecule has 0 fully saturated rings. The van der Waals surface area contributed by atoms with Crippen molar-refractivity contribution in [2.45, 2.75) is 26.1 Å². The van der Waals surface area contributed by atoms with Crippen LogP contribution < -0.4 is 0 Å². The van der Waals surface area contributed by atoms with Crippen LogP contribution in [0.1, 0.15) is 27.4 Å². The number of halogens is 1. The van der Waals surface area contributed by atoms with Gasteiger partial charge in [-0.3, -0.25) is 0 Å². The molecule has 0 aliphatic heterocycles. The Kier molecular flexibility index (Phi) is 3.62. The maximum Gasteiger partial charge on any atom is 0.0972 e. The first kappa shape index (κ1) is 11.6. The van der Waals surface area contributed by atoms with Gasteiger partial charge in [-0.2, -0.15) is 0 Å². The Morgan fingerprint density at radius 1 is 1.31 bits per heavy atom. The molecule has 0 radical (unpaired) electrons. The van der Waals surface area contributed by atoms with Gasteiger partial charge in [-0.25, -0.2) is 4.98 Å². The van der Waals surface area contributed by atoms with E-state index in [4.69, 9.17) is 11.6 Å². The molecule has 0 spiro atoms. The molecule has 1 nitrogen and oxygen atoms in total. The van der Waals surface area contributed by atoms with Crippen molar-refractivity contribution in [2.24, 2.45) is 0 Å². The lowest BCUT2D eigenvalue weighted by Gasteiger charge is -2.04. The molecule has 0 amide bonds. The molecule has 1 aromatic heterocycles. The van der Waals surface area contributed by atoms with E-state index >= 15 is 0 Å². The minimum atomic E-state index is 0.503. The van der Waals surface area contributed by atoms with Gasteiger partial charge in [-0.1, -0.05) is 23.8 Å². The topological polar surface area (TPSA) is 12.9 Å². The first-order chi connectivity index (χ1) is 7.69. The van der Waals surface area contributed by atoms with Gasteiger partial charge in [0.1, 0.15) is 0 Å². The Hall–Kier alpha value is -0.860. The summed E-state index contributed by atoms with van der Waals surface area (Å²) in [5.74, 6) is 0.503. The first-order valence-electron chi connectivity index (χ1n) is 5.24. The fraction of sp³-hybridized carbons (Fsp3) is 0.308. The summed E-state index contributed by atoms with van der Waals surface area (Å²) in [6.45, 7) is 4.27. The predicted octanol–water partition coefficient (Wildman–Crippen LogP) is 4.09. The lowest BCUT2D eigenvalue weighted by Crippen LogP contribution is -1.92. The average molecular weight is 252 g/mol. The van der Waals surface area contributed by atoms with E-state index in [1.54, 1.807) is 11.3 Å². The van der Waals surface area contributed by atoms with E-state index in [9.17, 15) is 0 Å². The van der Waals surface area contributed by atoms with Crippen LogP contribution in [0, 0.1) is 13.8 Å². The molecule has 0 N–H and O–H groups in total. The highest BCUT2D eigenvalue weighted by Gasteiger charge is 2.04. The van der Waals surface area contributed by atoms with Crippen LogP contribution in [-0.4, -0.2) is 4.98 Å². The van der Waals surface area contributed by atoms with E-state index < -0.39 is 0 Å². The van der Waals surface area contributed by atoms with Crippen molar-refractivity contribution in [1.29, 1.82) is 0 Å². The van der Waals surface area contributed by atoms with E-state index in [0.717, 1.165) is 17.1 Å². The number of aromatic nitrogens is 1. The smallest absolute Gasteiger partial charge is 0.0972 e. The SMILES string of the molecule is Cc1ccc(Cc2nc(CCl)cs2)c(C)c1. The first-order valence-corrected chi connectivity index (χ1v) is 6.66. The standard InChI is InChI=1S/C13H14ClNS/c1-9-3-4-11(10(2)5-9)6-13-15-12(7-14)8-16-13/h3-5,8H,6-7H2,1-2H3. The summed E-state index contributed by atoms with van der Waals surface area (Å²) in [4.78, 5) is 4.47. The van der Waals surface area contributed by atoms with Crippen LogP contribution in [0.3, 0.4) is 0 Å². The molecular formula is C13H14ClNS. The van der Waals surface area contributed by atoms with Crippen molar-refractivity contribution in [2.75, 3.05) is 0 Å². The fourth-order valence-corrected chi connectivity index (χ4v) is 2.74. The summed E-state index contributed by atoms with van der Waals surface area (Å²) in [6, 6.07) is 6.55. The van der Waals surface area contributed by atoms with Crippen LogP contribution in [-0.2, 0) is 12.3 Å². The Labute approximate surface area is 105 Å². The van der Waals surface area contributed by atoms with Crippen molar-refractivity contribution in [3.8, 4) is 0 Å². The highest BCUT2D eigenvalue weighted by Crippen LogP contribution is 2.19. The third kappa shape index (κ3) is 2.63. The van der Waals surface area contributed by atoms with E-state index in [2.05, 4.69) is 37.0 Å². The minimum absolute atomic E-state index is 0.503. The van der Waals surface area contributed by atoms with Gasteiger partial charge < -0.3 is 0 Å². The van der Waals surface area contributed by atoms with Crippen molar-refractivity contribution in [3.63, 3.8) is 0 Å². The van der Waals surface area contributed by atoms with Gasteiger partial charge in [0.15, 0.2) is 0 Å². The van der Waals surface area contributed by atoms with Gasteiger partial charge in [-0.15, -0.1) is 22.9 Å². The molecule has 84 valence electrons. The zero-order chi connectivity index (χ0) is 11.5. The van der Waals surface area contributed by atoms with Crippen LogP contribution in [0.5, 0.6) is 0 Å². The summed E-state index contributed by atoms with van der Waals surface area (Å²) >= 11 is 7.43. The maximum atomic E-state index is 5.74. The average Bonchev–Trinajstić information content (AvgIpc) is 2.70. The summed E-state index contributed by atoms with van der Waals surface area (Å²) in [6.07, 6.45) is 0.910. The highest BCUT2D eigenvalue weighted by atomic mass is 35.5. The van der Waals surface area contributed by atoms with Crippen molar-refractivity contribution >= 4 is 22.9 Å². The molecule has 0 aliphatic carbocycles. The Morgan fingerprint density at radius 2 is 2.12 bits per heavy atom. The number of alkyl halides is 1. The van der Waals surface area contributed by atoms with Crippen LogP contribution in [0.15, 0.2) is 23.6 Å². The van der Waals surface area contributed by atoms with Gasteiger partial charge in [-0.05, 0) is 25.0 Å². The molecule has 2 aromatic rings. The minimum Gasteiger partial charge on any atom is -0.245 e. The molecule has 0 bridgehead atoms. The number of rotatable bonds is 3. The van der Waals surface area contributed by atoms with Crippen molar-refractivity contribution in [3.05, 3.63) is 51.0 Å². The molecule has 3 heteroatoms. The largest absolute Gasteiger partial charge is 0.245 e. The van der Waals surface area contributed by atoms with E-state index in [-0.39, 0.29) is 0 Å². The lowest BCUT2D eigenvalue weighted by atomic mass is 10.0. The van der Waals surface area contributed by atoms with Crippen molar-refractivity contribution < 1.29 is 0 Å². The summed E-state index contributed by atoms with van der Waals surface area (Å²) in [7, 11) is 0. The third-order valence-corrected chi connectivity index (χ3v) is 3.75. The molecule has 2 rings (SSSR count). The Bertz CT molecular complexity index is 490. The van der Waals surface area contributed by atoms with Crippen LogP contribution >= 0.6 is 22.9 Å². The van der Waals surface area contributed by atoms with Crippen molar-refractivity contribution in [1.82, 2.24) is 4.98 Å². The number of nitrogens with zero attached hydrogens (tertiary/aromatic N) is 1.